The Bertz CT molecular complexity index is 448. The third-order valence-corrected chi connectivity index (χ3v) is 5.13. The molecule has 3 nitrogen and oxygen atoms in total. The van der Waals surface area contributed by atoms with Gasteiger partial charge in [-0.3, -0.25) is 0 Å². The molecule has 0 saturated carbocycles. The van der Waals surface area contributed by atoms with Gasteiger partial charge in [-0.2, -0.15) is 11.8 Å². The highest BCUT2D eigenvalue weighted by Gasteiger charge is 2.31. The molecular formula is C14H21NO2S. The lowest BCUT2D eigenvalue weighted by atomic mass is 9.92. The van der Waals surface area contributed by atoms with Crippen molar-refractivity contribution in [3.8, 4) is 11.5 Å². The molecule has 0 fully saturated rings. The zero-order chi connectivity index (χ0) is 13.3. The summed E-state index contributed by atoms with van der Waals surface area (Å²) in [4.78, 5) is 0. The molecule has 0 radical (unpaired) electrons. The van der Waals surface area contributed by atoms with Crippen LogP contribution in [0.2, 0.25) is 0 Å². The highest BCUT2D eigenvalue weighted by molar-refractivity contribution is 7.99. The molecule has 1 aliphatic heterocycles. The van der Waals surface area contributed by atoms with E-state index in [2.05, 4.69) is 13.8 Å². The SMILES string of the molecule is CCC1SCc2c(C)cc(OC)c(OC)c2C1N. The van der Waals surface area contributed by atoms with E-state index in [1.807, 2.05) is 17.8 Å². The molecule has 1 aromatic rings. The van der Waals surface area contributed by atoms with Crippen LogP contribution in [0.5, 0.6) is 11.5 Å². The van der Waals surface area contributed by atoms with Crippen LogP contribution >= 0.6 is 11.8 Å². The lowest BCUT2D eigenvalue weighted by Crippen LogP contribution is -2.29. The second-order valence-corrected chi connectivity index (χ2v) is 5.83. The minimum absolute atomic E-state index is 0.0208. The fourth-order valence-electron chi connectivity index (χ4n) is 2.59. The van der Waals surface area contributed by atoms with Crippen molar-refractivity contribution < 1.29 is 9.47 Å². The summed E-state index contributed by atoms with van der Waals surface area (Å²) in [6.07, 6.45) is 1.07. The van der Waals surface area contributed by atoms with E-state index in [0.29, 0.717) is 5.25 Å². The molecule has 0 aliphatic carbocycles. The van der Waals surface area contributed by atoms with E-state index in [-0.39, 0.29) is 6.04 Å². The van der Waals surface area contributed by atoms with Crippen LogP contribution in [0.4, 0.5) is 0 Å². The largest absolute Gasteiger partial charge is 0.493 e. The molecule has 2 atom stereocenters. The monoisotopic (exact) mass is 267 g/mol. The van der Waals surface area contributed by atoms with E-state index < -0.39 is 0 Å². The highest BCUT2D eigenvalue weighted by atomic mass is 32.2. The maximum atomic E-state index is 6.41. The van der Waals surface area contributed by atoms with Crippen LogP contribution in [-0.2, 0) is 5.75 Å². The first kappa shape index (κ1) is 13.6. The van der Waals surface area contributed by atoms with E-state index >= 15 is 0 Å². The molecular weight excluding hydrogens is 246 g/mol. The number of methoxy groups -OCH3 is 2. The molecule has 18 heavy (non-hydrogen) atoms. The first-order valence-corrected chi connectivity index (χ1v) is 7.30. The summed E-state index contributed by atoms with van der Waals surface area (Å²) in [7, 11) is 3.35. The molecule has 1 aromatic carbocycles. The van der Waals surface area contributed by atoms with Crippen LogP contribution < -0.4 is 15.2 Å². The van der Waals surface area contributed by atoms with Gasteiger partial charge in [0.25, 0.3) is 0 Å². The zero-order valence-corrected chi connectivity index (χ0v) is 12.3. The number of hydrogen-bond donors (Lipinski definition) is 1. The number of rotatable bonds is 3. The molecule has 2 unspecified atom stereocenters. The number of aryl methyl sites for hydroxylation is 1. The maximum Gasteiger partial charge on any atom is 0.165 e. The molecule has 2 N–H and O–H groups in total. The summed E-state index contributed by atoms with van der Waals surface area (Å²) < 4.78 is 11.0. The van der Waals surface area contributed by atoms with Crippen molar-refractivity contribution in [2.75, 3.05) is 14.2 Å². The van der Waals surface area contributed by atoms with Crippen molar-refractivity contribution >= 4 is 11.8 Å². The summed E-state index contributed by atoms with van der Waals surface area (Å²) >= 11 is 1.94. The summed E-state index contributed by atoms with van der Waals surface area (Å²) in [5, 5.41) is 0.456. The smallest absolute Gasteiger partial charge is 0.165 e. The summed E-state index contributed by atoms with van der Waals surface area (Å²) in [5.74, 6) is 2.60. The number of hydrogen-bond acceptors (Lipinski definition) is 4. The van der Waals surface area contributed by atoms with E-state index in [0.717, 1.165) is 29.2 Å². The Morgan fingerprint density at radius 2 is 2.11 bits per heavy atom. The second kappa shape index (κ2) is 5.41. The van der Waals surface area contributed by atoms with Gasteiger partial charge in [0.15, 0.2) is 11.5 Å². The van der Waals surface area contributed by atoms with Crippen molar-refractivity contribution in [1.82, 2.24) is 0 Å². The molecule has 0 amide bonds. The zero-order valence-electron chi connectivity index (χ0n) is 11.4. The molecule has 2 rings (SSSR count). The van der Waals surface area contributed by atoms with Gasteiger partial charge in [-0.05, 0) is 30.5 Å². The van der Waals surface area contributed by atoms with Crippen molar-refractivity contribution in [2.24, 2.45) is 5.73 Å². The van der Waals surface area contributed by atoms with Crippen LogP contribution in [0.1, 0.15) is 36.1 Å². The fourth-order valence-corrected chi connectivity index (χ4v) is 3.93. The fraction of sp³-hybridized carbons (Fsp3) is 0.571. The number of fused-ring (bicyclic) bond motifs is 1. The normalized spacial score (nSPS) is 22.5. The summed E-state index contributed by atoms with van der Waals surface area (Å²) in [6, 6.07) is 2.06. The Kier molecular flexibility index (Phi) is 4.07. The predicted molar refractivity (Wildman–Crippen MR) is 76.6 cm³/mol. The van der Waals surface area contributed by atoms with Crippen LogP contribution in [-0.4, -0.2) is 19.5 Å². The van der Waals surface area contributed by atoms with Gasteiger partial charge < -0.3 is 15.2 Å². The van der Waals surface area contributed by atoms with Gasteiger partial charge in [-0.15, -0.1) is 0 Å². The standard InChI is InChI=1S/C14H21NO2S/c1-5-11-13(15)12-9(7-18-11)8(2)6-10(16-3)14(12)17-4/h6,11,13H,5,7,15H2,1-4H3. The Balaban J connectivity index is 2.61. The summed E-state index contributed by atoms with van der Waals surface area (Å²) in [5.41, 5.74) is 10.1. The van der Waals surface area contributed by atoms with Crippen molar-refractivity contribution in [1.29, 1.82) is 0 Å². The predicted octanol–water partition coefficient (Wildman–Crippen LogP) is 3.04. The van der Waals surface area contributed by atoms with Crippen LogP contribution in [0, 0.1) is 6.92 Å². The van der Waals surface area contributed by atoms with Gasteiger partial charge in [0, 0.05) is 22.6 Å². The van der Waals surface area contributed by atoms with Gasteiger partial charge in [0.2, 0.25) is 0 Å². The quantitative estimate of drug-likeness (QED) is 0.914. The molecule has 1 aliphatic rings. The molecule has 1 heterocycles. The van der Waals surface area contributed by atoms with Crippen molar-refractivity contribution in [2.45, 2.75) is 37.3 Å². The lowest BCUT2D eigenvalue weighted by Gasteiger charge is -2.32. The van der Waals surface area contributed by atoms with Gasteiger partial charge in [-0.1, -0.05) is 6.92 Å². The van der Waals surface area contributed by atoms with Gasteiger partial charge in [0.05, 0.1) is 14.2 Å². The van der Waals surface area contributed by atoms with Crippen molar-refractivity contribution in [3.05, 3.63) is 22.8 Å². The molecule has 0 bridgehead atoms. The topological polar surface area (TPSA) is 44.5 Å². The molecule has 4 heteroatoms. The third kappa shape index (κ3) is 2.08. The number of nitrogens with two attached hydrogens (primary N) is 1. The van der Waals surface area contributed by atoms with Crippen molar-refractivity contribution in [3.63, 3.8) is 0 Å². The Hall–Kier alpha value is -0.870. The van der Waals surface area contributed by atoms with Gasteiger partial charge >= 0.3 is 0 Å². The molecule has 0 aromatic heterocycles. The maximum absolute atomic E-state index is 6.41. The van der Waals surface area contributed by atoms with Gasteiger partial charge in [-0.25, -0.2) is 0 Å². The highest BCUT2D eigenvalue weighted by Crippen LogP contribution is 2.47. The van der Waals surface area contributed by atoms with Gasteiger partial charge in [0.1, 0.15) is 0 Å². The van der Waals surface area contributed by atoms with Crippen LogP contribution in [0.25, 0.3) is 0 Å². The Labute approximate surface area is 113 Å². The first-order valence-electron chi connectivity index (χ1n) is 6.25. The minimum Gasteiger partial charge on any atom is -0.493 e. The lowest BCUT2D eigenvalue weighted by molar-refractivity contribution is 0.347. The number of thioether (sulfide) groups is 1. The average molecular weight is 267 g/mol. The minimum atomic E-state index is 0.0208. The van der Waals surface area contributed by atoms with E-state index in [4.69, 9.17) is 15.2 Å². The number of ether oxygens (including phenoxy) is 2. The molecule has 0 spiro atoms. The second-order valence-electron chi connectivity index (χ2n) is 4.60. The van der Waals surface area contributed by atoms with Crippen LogP contribution in [0.15, 0.2) is 6.07 Å². The summed E-state index contributed by atoms with van der Waals surface area (Å²) in [6.45, 7) is 4.29. The Morgan fingerprint density at radius 3 is 2.67 bits per heavy atom. The first-order chi connectivity index (χ1) is 8.63. The van der Waals surface area contributed by atoms with E-state index in [1.54, 1.807) is 14.2 Å². The van der Waals surface area contributed by atoms with E-state index in [1.165, 1.54) is 11.1 Å². The van der Waals surface area contributed by atoms with Crippen LogP contribution in [0.3, 0.4) is 0 Å². The molecule has 0 saturated heterocycles. The Morgan fingerprint density at radius 1 is 1.39 bits per heavy atom. The average Bonchev–Trinajstić information content (AvgIpc) is 2.39. The molecule has 100 valence electrons. The number of benzene rings is 1. The van der Waals surface area contributed by atoms with E-state index in [9.17, 15) is 0 Å². The third-order valence-electron chi connectivity index (χ3n) is 3.62.